The molecule has 0 aliphatic carbocycles. The number of aromatic nitrogens is 3. The Hall–Kier alpha value is -3.90. The number of ether oxygens (including phenoxy) is 2. The van der Waals surface area contributed by atoms with Crippen molar-refractivity contribution >= 4 is 27.5 Å². The number of morpholine rings is 1. The van der Waals surface area contributed by atoms with Gasteiger partial charge >= 0.3 is 0 Å². The van der Waals surface area contributed by atoms with Crippen molar-refractivity contribution in [3.63, 3.8) is 0 Å². The van der Waals surface area contributed by atoms with Crippen molar-refractivity contribution in [2.45, 2.75) is 13.8 Å². The van der Waals surface area contributed by atoms with Gasteiger partial charge in [-0.15, -0.1) is 0 Å². The highest BCUT2D eigenvalue weighted by Crippen LogP contribution is 2.36. The van der Waals surface area contributed by atoms with Crippen LogP contribution < -0.4 is 9.64 Å². The fourth-order valence-electron chi connectivity index (χ4n) is 4.82. The van der Waals surface area contributed by atoms with Crippen LogP contribution in [0.15, 0.2) is 66.9 Å². The molecule has 35 heavy (non-hydrogen) atoms. The minimum absolute atomic E-state index is 0.756. The van der Waals surface area contributed by atoms with E-state index < -0.39 is 0 Å². The highest BCUT2D eigenvalue weighted by Gasteiger charge is 2.19. The fraction of sp³-hybridized carbons (Fsp3) is 0.241. The molecule has 1 fully saturated rings. The number of fused-ring (bicyclic) bond motifs is 3. The Kier molecular flexibility index (Phi) is 5.38. The summed E-state index contributed by atoms with van der Waals surface area (Å²) in [6.07, 6.45) is 1.95. The van der Waals surface area contributed by atoms with E-state index in [1.807, 2.05) is 18.3 Å². The Balaban J connectivity index is 1.61. The third kappa shape index (κ3) is 3.80. The molecule has 3 heterocycles. The van der Waals surface area contributed by atoms with E-state index in [-0.39, 0.29) is 0 Å². The van der Waals surface area contributed by atoms with Crippen molar-refractivity contribution < 1.29 is 9.47 Å². The second-order valence-electron chi connectivity index (χ2n) is 9.08. The number of hydrogen-bond acceptors (Lipinski definition) is 5. The number of anilines is 1. The normalized spacial score (nSPS) is 14.1. The zero-order valence-electron chi connectivity index (χ0n) is 20.3. The van der Waals surface area contributed by atoms with Gasteiger partial charge in [0, 0.05) is 41.3 Å². The molecule has 0 N–H and O–H groups in total. The first-order chi connectivity index (χ1) is 17.1. The van der Waals surface area contributed by atoms with E-state index in [0.717, 1.165) is 70.8 Å². The standard InChI is InChI=1S/C29H28N4O2/c1-19-7-8-23(15-20(19)2)33-29-25-17-24(34-3)9-10-27(25)30-18-26(29)28(31-33)21-5-4-6-22(16-21)32-11-13-35-14-12-32/h4-10,15-18H,11-14H2,1-3H3. The van der Waals surface area contributed by atoms with E-state index in [0.29, 0.717) is 0 Å². The van der Waals surface area contributed by atoms with Gasteiger partial charge in [-0.05, 0) is 67.4 Å². The summed E-state index contributed by atoms with van der Waals surface area (Å²) in [5.41, 5.74) is 8.66. The third-order valence-electron chi connectivity index (χ3n) is 6.94. The Morgan fingerprint density at radius 3 is 2.51 bits per heavy atom. The summed E-state index contributed by atoms with van der Waals surface area (Å²) in [5.74, 6) is 0.801. The van der Waals surface area contributed by atoms with Gasteiger partial charge in [0.15, 0.2) is 0 Å². The van der Waals surface area contributed by atoms with E-state index in [1.54, 1.807) is 7.11 Å². The lowest BCUT2D eigenvalue weighted by Gasteiger charge is -2.29. The third-order valence-corrected chi connectivity index (χ3v) is 6.94. The summed E-state index contributed by atoms with van der Waals surface area (Å²) >= 11 is 0. The van der Waals surface area contributed by atoms with Gasteiger partial charge in [0.2, 0.25) is 0 Å². The van der Waals surface area contributed by atoms with Crippen LogP contribution in [-0.2, 0) is 4.74 Å². The van der Waals surface area contributed by atoms with Gasteiger partial charge in [0.1, 0.15) is 11.4 Å². The number of hydrogen-bond donors (Lipinski definition) is 0. The Morgan fingerprint density at radius 2 is 1.71 bits per heavy atom. The van der Waals surface area contributed by atoms with E-state index >= 15 is 0 Å². The minimum atomic E-state index is 0.756. The molecule has 6 rings (SSSR count). The first-order valence-electron chi connectivity index (χ1n) is 12.0. The summed E-state index contributed by atoms with van der Waals surface area (Å²) < 4.78 is 13.2. The summed E-state index contributed by atoms with van der Waals surface area (Å²) in [6.45, 7) is 7.58. The number of aryl methyl sites for hydroxylation is 2. The molecule has 0 bridgehead atoms. The molecule has 6 nitrogen and oxygen atoms in total. The smallest absolute Gasteiger partial charge is 0.119 e. The van der Waals surface area contributed by atoms with Crippen LogP contribution in [0, 0.1) is 13.8 Å². The molecule has 0 amide bonds. The second kappa shape index (κ2) is 8.71. The van der Waals surface area contributed by atoms with Crippen molar-refractivity contribution in [1.29, 1.82) is 0 Å². The predicted molar refractivity (Wildman–Crippen MR) is 141 cm³/mol. The molecule has 0 spiro atoms. The monoisotopic (exact) mass is 464 g/mol. The number of pyridine rings is 1. The van der Waals surface area contributed by atoms with E-state index in [1.165, 1.54) is 16.8 Å². The zero-order valence-corrected chi connectivity index (χ0v) is 20.3. The summed E-state index contributed by atoms with van der Waals surface area (Å²) in [6, 6.07) is 21.1. The molecule has 1 aliphatic heterocycles. The van der Waals surface area contributed by atoms with Crippen LogP contribution in [-0.4, -0.2) is 48.2 Å². The molecular formula is C29H28N4O2. The molecule has 0 atom stereocenters. The largest absolute Gasteiger partial charge is 0.497 e. The maximum Gasteiger partial charge on any atom is 0.119 e. The van der Waals surface area contributed by atoms with Crippen molar-refractivity contribution in [2.75, 3.05) is 38.3 Å². The SMILES string of the molecule is COc1ccc2ncc3c(-c4cccc(N5CCOCC5)c4)nn(-c4ccc(C)c(C)c4)c3c2c1. The van der Waals surface area contributed by atoms with Crippen LogP contribution in [0.25, 0.3) is 38.8 Å². The summed E-state index contributed by atoms with van der Waals surface area (Å²) in [7, 11) is 1.69. The van der Waals surface area contributed by atoms with E-state index in [4.69, 9.17) is 19.6 Å². The highest BCUT2D eigenvalue weighted by molar-refractivity contribution is 6.09. The Morgan fingerprint density at radius 1 is 0.857 bits per heavy atom. The lowest BCUT2D eigenvalue weighted by atomic mass is 10.1. The molecule has 0 unspecified atom stereocenters. The van der Waals surface area contributed by atoms with E-state index in [2.05, 4.69) is 72.0 Å². The molecule has 5 aromatic rings. The number of benzene rings is 3. The number of methoxy groups -OCH3 is 1. The molecule has 1 saturated heterocycles. The van der Waals surface area contributed by atoms with Crippen molar-refractivity contribution in [3.05, 3.63) is 78.0 Å². The molecule has 176 valence electrons. The van der Waals surface area contributed by atoms with Crippen LogP contribution >= 0.6 is 0 Å². The van der Waals surface area contributed by atoms with Crippen LogP contribution in [0.1, 0.15) is 11.1 Å². The maximum atomic E-state index is 5.55. The predicted octanol–water partition coefficient (Wildman–Crippen LogP) is 5.70. The van der Waals surface area contributed by atoms with Crippen molar-refractivity contribution in [3.8, 4) is 22.7 Å². The summed E-state index contributed by atoms with van der Waals surface area (Å²) in [5, 5.41) is 7.22. The van der Waals surface area contributed by atoms with Crippen molar-refractivity contribution in [1.82, 2.24) is 14.8 Å². The topological polar surface area (TPSA) is 52.4 Å². The molecule has 0 radical (unpaired) electrons. The van der Waals surface area contributed by atoms with Gasteiger partial charge in [-0.3, -0.25) is 4.98 Å². The lowest BCUT2D eigenvalue weighted by Crippen LogP contribution is -2.36. The number of rotatable bonds is 4. The van der Waals surface area contributed by atoms with Gasteiger partial charge in [-0.1, -0.05) is 18.2 Å². The fourth-order valence-corrected chi connectivity index (χ4v) is 4.82. The van der Waals surface area contributed by atoms with Crippen LogP contribution in [0.5, 0.6) is 5.75 Å². The Bertz CT molecular complexity index is 1550. The van der Waals surface area contributed by atoms with Crippen molar-refractivity contribution in [2.24, 2.45) is 0 Å². The average Bonchev–Trinajstić information content (AvgIpc) is 3.31. The summed E-state index contributed by atoms with van der Waals surface area (Å²) in [4.78, 5) is 7.16. The molecule has 0 saturated carbocycles. The Labute approximate surface area is 204 Å². The zero-order chi connectivity index (χ0) is 23.9. The van der Waals surface area contributed by atoms with Gasteiger partial charge in [-0.25, -0.2) is 4.68 Å². The van der Waals surface area contributed by atoms with E-state index in [9.17, 15) is 0 Å². The molecule has 6 heteroatoms. The average molecular weight is 465 g/mol. The van der Waals surface area contributed by atoms with Gasteiger partial charge in [0.25, 0.3) is 0 Å². The maximum absolute atomic E-state index is 5.55. The molecule has 1 aliphatic rings. The second-order valence-corrected chi connectivity index (χ2v) is 9.08. The van der Waals surface area contributed by atoms with Gasteiger partial charge in [0.05, 0.1) is 37.0 Å². The molecule has 2 aromatic heterocycles. The van der Waals surface area contributed by atoms with Crippen LogP contribution in [0.2, 0.25) is 0 Å². The minimum Gasteiger partial charge on any atom is -0.497 e. The quantitative estimate of drug-likeness (QED) is 0.341. The van der Waals surface area contributed by atoms with Gasteiger partial charge in [-0.2, -0.15) is 5.10 Å². The highest BCUT2D eigenvalue weighted by atomic mass is 16.5. The molecular weight excluding hydrogens is 436 g/mol. The molecule has 3 aromatic carbocycles. The number of nitrogens with zero attached hydrogens (tertiary/aromatic N) is 4. The van der Waals surface area contributed by atoms with Gasteiger partial charge < -0.3 is 14.4 Å². The lowest BCUT2D eigenvalue weighted by molar-refractivity contribution is 0.122. The van der Waals surface area contributed by atoms with Crippen LogP contribution in [0.3, 0.4) is 0 Å². The first-order valence-corrected chi connectivity index (χ1v) is 12.0. The first kappa shape index (κ1) is 21.6. The van der Waals surface area contributed by atoms with Crippen LogP contribution in [0.4, 0.5) is 5.69 Å².